The Labute approximate surface area is 143 Å². The largest absolute Gasteiger partial charge is 0.379 e. The van der Waals surface area contributed by atoms with Crippen molar-refractivity contribution in [1.29, 1.82) is 0 Å². The molecule has 1 aromatic carbocycles. The van der Waals surface area contributed by atoms with E-state index in [4.69, 9.17) is 16.3 Å². The first-order valence-electron chi connectivity index (χ1n) is 8.48. The van der Waals surface area contributed by atoms with Crippen LogP contribution in [0.15, 0.2) is 24.3 Å². The summed E-state index contributed by atoms with van der Waals surface area (Å²) in [6, 6.07) is 8.25. The van der Waals surface area contributed by atoms with Crippen LogP contribution in [0, 0.1) is 0 Å². The first kappa shape index (κ1) is 16.7. The molecule has 1 aliphatic carbocycles. The maximum Gasteiger partial charge on any atom is 0.220 e. The monoisotopic (exact) mass is 336 g/mol. The fraction of sp³-hybridized carbons (Fsp3) is 0.611. The number of amides is 1. The van der Waals surface area contributed by atoms with Crippen molar-refractivity contribution in [2.45, 2.75) is 44.2 Å². The summed E-state index contributed by atoms with van der Waals surface area (Å²) in [4.78, 5) is 14.8. The highest BCUT2D eigenvalue weighted by Gasteiger charge is 2.45. The van der Waals surface area contributed by atoms with E-state index in [-0.39, 0.29) is 11.4 Å². The van der Waals surface area contributed by atoms with Crippen LogP contribution in [0.5, 0.6) is 0 Å². The van der Waals surface area contributed by atoms with Gasteiger partial charge in [0.25, 0.3) is 0 Å². The first-order valence-corrected chi connectivity index (χ1v) is 8.86. The maximum absolute atomic E-state index is 12.3. The molecule has 2 aliphatic rings. The number of nitrogens with one attached hydrogen (secondary N) is 1. The molecule has 1 unspecified atom stereocenters. The summed E-state index contributed by atoms with van der Waals surface area (Å²) < 4.78 is 5.38. The van der Waals surface area contributed by atoms with E-state index in [0.29, 0.717) is 12.5 Å². The van der Waals surface area contributed by atoms with Gasteiger partial charge in [-0.15, -0.1) is 0 Å². The molecule has 2 fully saturated rings. The minimum Gasteiger partial charge on any atom is -0.379 e. The zero-order valence-electron chi connectivity index (χ0n) is 13.7. The molecule has 1 N–H and O–H groups in total. The summed E-state index contributed by atoms with van der Waals surface area (Å²) in [6.07, 6.45) is 3.50. The average molecular weight is 337 g/mol. The van der Waals surface area contributed by atoms with E-state index in [1.54, 1.807) is 0 Å². The molecule has 4 nitrogen and oxygen atoms in total. The predicted octanol–water partition coefficient (Wildman–Crippen LogP) is 2.95. The number of benzene rings is 1. The van der Waals surface area contributed by atoms with Gasteiger partial charge >= 0.3 is 0 Å². The van der Waals surface area contributed by atoms with E-state index in [1.165, 1.54) is 0 Å². The van der Waals surface area contributed by atoms with E-state index in [1.807, 2.05) is 24.3 Å². The number of carbonyl (C=O) groups excluding carboxylic acids is 1. The molecule has 0 aromatic heterocycles. The van der Waals surface area contributed by atoms with Crippen molar-refractivity contribution in [3.63, 3.8) is 0 Å². The van der Waals surface area contributed by atoms with Crippen molar-refractivity contribution in [3.05, 3.63) is 34.9 Å². The lowest BCUT2D eigenvalue weighted by Crippen LogP contribution is -2.43. The van der Waals surface area contributed by atoms with Gasteiger partial charge in [-0.25, -0.2) is 0 Å². The molecule has 23 heavy (non-hydrogen) atoms. The summed E-state index contributed by atoms with van der Waals surface area (Å²) in [6.45, 7) is 5.74. The molecule has 0 radical (unpaired) electrons. The molecule has 3 rings (SSSR count). The zero-order chi connectivity index (χ0) is 16.3. The molecule has 1 aromatic rings. The molecular formula is C18H25ClN2O2. The zero-order valence-corrected chi connectivity index (χ0v) is 14.4. The first-order chi connectivity index (χ1) is 11.1. The minimum absolute atomic E-state index is 0.149. The van der Waals surface area contributed by atoms with E-state index in [0.717, 1.165) is 56.2 Å². The molecular weight excluding hydrogens is 312 g/mol. The predicted molar refractivity (Wildman–Crippen MR) is 91.6 cm³/mol. The molecule has 1 amide bonds. The van der Waals surface area contributed by atoms with E-state index < -0.39 is 0 Å². The molecule has 1 atom stereocenters. The van der Waals surface area contributed by atoms with Crippen LogP contribution in [0.2, 0.25) is 5.02 Å². The van der Waals surface area contributed by atoms with Crippen LogP contribution in [0.25, 0.3) is 0 Å². The summed E-state index contributed by atoms with van der Waals surface area (Å²) in [5.41, 5.74) is 1.01. The van der Waals surface area contributed by atoms with Gasteiger partial charge in [0.05, 0.1) is 18.8 Å². The normalized spacial score (nSPS) is 21.7. The number of carbonyl (C=O) groups is 1. The molecule has 0 spiro atoms. The smallest absolute Gasteiger partial charge is 0.220 e. The number of halogens is 1. The van der Waals surface area contributed by atoms with Gasteiger partial charge in [0.1, 0.15) is 0 Å². The third kappa shape index (κ3) is 4.25. The second-order valence-corrected chi connectivity index (χ2v) is 7.11. The van der Waals surface area contributed by atoms with Gasteiger partial charge in [0, 0.05) is 30.6 Å². The maximum atomic E-state index is 12.3. The van der Waals surface area contributed by atoms with Crippen molar-refractivity contribution in [2.24, 2.45) is 0 Å². The van der Waals surface area contributed by atoms with Gasteiger partial charge in [0.2, 0.25) is 5.91 Å². The molecule has 1 saturated heterocycles. The number of nitrogens with zero attached hydrogens (tertiary/aromatic N) is 1. The molecule has 0 bridgehead atoms. The Kier molecular flexibility index (Phi) is 5.24. The number of hydrogen-bond acceptors (Lipinski definition) is 3. The van der Waals surface area contributed by atoms with Crippen molar-refractivity contribution >= 4 is 17.5 Å². The standard InChI is InChI=1S/C18H25ClN2O2/c1-14(21-10-12-23-13-11-21)2-7-17(22)20-18(8-9-18)15-3-5-16(19)6-4-15/h3-6,14H,2,7-13H2,1H3,(H,20,22). The second-order valence-electron chi connectivity index (χ2n) is 6.67. The SMILES string of the molecule is CC(CCC(=O)NC1(c2ccc(Cl)cc2)CC1)N1CCOCC1. The van der Waals surface area contributed by atoms with Crippen LogP contribution < -0.4 is 5.32 Å². The lowest BCUT2D eigenvalue weighted by molar-refractivity contribution is -0.122. The quantitative estimate of drug-likeness (QED) is 0.868. The number of rotatable bonds is 6. The molecule has 5 heteroatoms. The van der Waals surface area contributed by atoms with Crippen molar-refractivity contribution in [2.75, 3.05) is 26.3 Å². The minimum atomic E-state index is -0.149. The average Bonchev–Trinajstić information content (AvgIpc) is 3.34. The van der Waals surface area contributed by atoms with Crippen LogP contribution in [0.4, 0.5) is 0 Å². The number of ether oxygens (including phenoxy) is 1. The Bertz CT molecular complexity index is 536. The molecule has 126 valence electrons. The fourth-order valence-corrected chi connectivity index (χ4v) is 3.38. The Morgan fingerprint density at radius 2 is 1.96 bits per heavy atom. The Hall–Kier alpha value is -1.10. The lowest BCUT2D eigenvalue weighted by atomic mass is 10.0. The molecule has 1 aliphatic heterocycles. The van der Waals surface area contributed by atoms with E-state index in [2.05, 4.69) is 17.1 Å². The van der Waals surface area contributed by atoms with Crippen LogP contribution in [-0.4, -0.2) is 43.2 Å². The van der Waals surface area contributed by atoms with Crippen LogP contribution in [-0.2, 0) is 15.1 Å². The van der Waals surface area contributed by atoms with Crippen LogP contribution in [0.3, 0.4) is 0 Å². The Balaban J connectivity index is 1.48. The summed E-state index contributed by atoms with van der Waals surface area (Å²) in [5.74, 6) is 0.151. The summed E-state index contributed by atoms with van der Waals surface area (Å²) in [7, 11) is 0. The van der Waals surface area contributed by atoms with Crippen molar-refractivity contribution < 1.29 is 9.53 Å². The highest BCUT2D eigenvalue weighted by molar-refractivity contribution is 6.30. The third-order valence-corrected chi connectivity index (χ3v) is 5.24. The van der Waals surface area contributed by atoms with Gasteiger partial charge in [-0.05, 0) is 43.9 Å². The van der Waals surface area contributed by atoms with Gasteiger partial charge in [0.15, 0.2) is 0 Å². The lowest BCUT2D eigenvalue weighted by Gasteiger charge is -2.32. The third-order valence-electron chi connectivity index (χ3n) is 4.98. The topological polar surface area (TPSA) is 41.6 Å². The number of morpholine rings is 1. The van der Waals surface area contributed by atoms with Gasteiger partial charge in [-0.3, -0.25) is 9.69 Å². The van der Waals surface area contributed by atoms with Gasteiger partial charge in [-0.2, -0.15) is 0 Å². The molecule has 1 saturated carbocycles. The highest BCUT2D eigenvalue weighted by Crippen LogP contribution is 2.45. The summed E-state index contributed by atoms with van der Waals surface area (Å²) in [5, 5.41) is 3.97. The van der Waals surface area contributed by atoms with Gasteiger partial charge < -0.3 is 10.1 Å². The summed E-state index contributed by atoms with van der Waals surface area (Å²) >= 11 is 5.95. The second kappa shape index (κ2) is 7.20. The van der Waals surface area contributed by atoms with Crippen molar-refractivity contribution in [1.82, 2.24) is 10.2 Å². The van der Waals surface area contributed by atoms with Crippen molar-refractivity contribution in [3.8, 4) is 0 Å². The van der Waals surface area contributed by atoms with Gasteiger partial charge in [-0.1, -0.05) is 23.7 Å². The fourth-order valence-electron chi connectivity index (χ4n) is 3.25. The van der Waals surface area contributed by atoms with E-state index >= 15 is 0 Å². The Morgan fingerprint density at radius 1 is 1.30 bits per heavy atom. The van der Waals surface area contributed by atoms with Crippen LogP contribution in [0.1, 0.15) is 38.2 Å². The van der Waals surface area contributed by atoms with E-state index in [9.17, 15) is 4.79 Å². The number of hydrogen-bond donors (Lipinski definition) is 1. The Morgan fingerprint density at radius 3 is 2.57 bits per heavy atom. The highest BCUT2D eigenvalue weighted by atomic mass is 35.5. The molecule has 1 heterocycles. The van der Waals surface area contributed by atoms with Crippen LogP contribution >= 0.6 is 11.6 Å².